The van der Waals surface area contributed by atoms with Gasteiger partial charge in [0.2, 0.25) is 5.28 Å². The molecule has 0 amide bonds. The van der Waals surface area contributed by atoms with E-state index < -0.39 is 0 Å². The van der Waals surface area contributed by atoms with Crippen LogP contribution in [0.15, 0.2) is 24.4 Å². The zero-order valence-electron chi connectivity index (χ0n) is 9.25. The van der Waals surface area contributed by atoms with Crippen LogP contribution in [0.3, 0.4) is 0 Å². The number of hydrogen-bond acceptors (Lipinski definition) is 4. The van der Waals surface area contributed by atoms with Gasteiger partial charge in [-0.1, -0.05) is 11.6 Å². The highest BCUT2D eigenvalue weighted by molar-refractivity contribution is 14.1. The quantitative estimate of drug-likeness (QED) is 0.626. The molecule has 94 valence electrons. The van der Waals surface area contributed by atoms with Crippen molar-refractivity contribution in [2.24, 2.45) is 0 Å². The van der Waals surface area contributed by atoms with E-state index in [9.17, 15) is 0 Å². The van der Waals surface area contributed by atoms with Gasteiger partial charge in [0.1, 0.15) is 11.6 Å². The van der Waals surface area contributed by atoms with E-state index >= 15 is 0 Å². The van der Waals surface area contributed by atoms with E-state index in [1.807, 2.05) is 6.07 Å². The third-order valence-corrected chi connectivity index (χ3v) is 3.41. The minimum atomic E-state index is 0.193. The first-order chi connectivity index (χ1) is 8.60. The Bertz CT molecular complexity index is 580. The molecule has 18 heavy (non-hydrogen) atoms. The Hall–Kier alpha value is -0.790. The monoisotopic (exact) mass is 395 g/mol. The average Bonchev–Trinajstić information content (AvgIpc) is 2.36. The highest BCUT2D eigenvalue weighted by Gasteiger charge is 2.06. The van der Waals surface area contributed by atoms with E-state index in [4.69, 9.17) is 27.9 Å². The second-order valence-corrected chi connectivity index (χ2v) is 5.22. The molecule has 0 unspecified atom stereocenters. The fourth-order valence-corrected chi connectivity index (χ4v) is 2.03. The van der Waals surface area contributed by atoms with E-state index in [-0.39, 0.29) is 5.28 Å². The van der Waals surface area contributed by atoms with Crippen molar-refractivity contribution in [1.82, 2.24) is 9.97 Å². The predicted molar refractivity (Wildman–Crippen MR) is 81.0 cm³/mol. The number of hydrogen-bond donors (Lipinski definition) is 1. The Morgan fingerprint density at radius 2 is 2.11 bits per heavy atom. The topological polar surface area (TPSA) is 47.0 Å². The Labute approximate surface area is 128 Å². The first kappa shape index (κ1) is 13.6. The van der Waals surface area contributed by atoms with E-state index in [0.717, 1.165) is 9.26 Å². The number of rotatable bonds is 3. The van der Waals surface area contributed by atoms with Gasteiger partial charge in [0, 0.05) is 18.0 Å². The lowest BCUT2D eigenvalue weighted by Crippen LogP contribution is -1.98. The third kappa shape index (κ3) is 3.15. The molecule has 2 rings (SSSR count). The van der Waals surface area contributed by atoms with Gasteiger partial charge in [-0.15, -0.1) is 0 Å². The number of anilines is 2. The molecule has 0 fully saturated rings. The lowest BCUT2D eigenvalue weighted by molar-refractivity contribution is 0.415. The second kappa shape index (κ2) is 5.90. The minimum absolute atomic E-state index is 0.193. The van der Waals surface area contributed by atoms with Crippen molar-refractivity contribution in [2.45, 2.75) is 0 Å². The number of nitrogens with one attached hydrogen (secondary N) is 1. The fourth-order valence-electron chi connectivity index (χ4n) is 1.31. The summed E-state index contributed by atoms with van der Waals surface area (Å²) in [4.78, 5) is 8.00. The van der Waals surface area contributed by atoms with Gasteiger partial charge >= 0.3 is 0 Å². The van der Waals surface area contributed by atoms with E-state index in [2.05, 4.69) is 37.9 Å². The molecule has 0 spiro atoms. The summed E-state index contributed by atoms with van der Waals surface area (Å²) in [5, 5.41) is 3.88. The van der Waals surface area contributed by atoms with Gasteiger partial charge in [-0.3, -0.25) is 0 Å². The Morgan fingerprint density at radius 1 is 1.33 bits per heavy atom. The Balaban J connectivity index is 2.31. The molecule has 1 aromatic heterocycles. The maximum absolute atomic E-state index is 5.95. The summed E-state index contributed by atoms with van der Waals surface area (Å²) in [5.41, 5.74) is 0.809. The molecule has 0 radical (unpaired) electrons. The van der Waals surface area contributed by atoms with Crippen molar-refractivity contribution in [3.05, 3.63) is 38.3 Å². The second-order valence-electron chi connectivity index (χ2n) is 3.31. The summed E-state index contributed by atoms with van der Waals surface area (Å²) >= 11 is 13.8. The first-order valence-corrected chi connectivity index (χ1v) is 6.72. The van der Waals surface area contributed by atoms with Crippen molar-refractivity contribution < 1.29 is 4.74 Å². The molecule has 0 bridgehead atoms. The molecular formula is C11H8Cl2IN3O. The number of halogens is 3. The summed E-state index contributed by atoms with van der Waals surface area (Å²) in [6.07, 6.45) is 1.64. The van der Waals surface area contributed by atoms with Crippen LogP contribution >= 0.6 is 45.8 Å². The molecular weight excluding hydrogens is 388 g/mol. The normalized spacial score (nSPS) is 10.2. The van der Waals surface area contributed by atoms with Crippen LogP contribution in [0.5, 0.6) is 5.75 Å². The van der Waals surface area contributed by atoms with Gasteiger partial charge in [-0.25, -0.2) is 4.98 Å². The summed E-state index contributed by atoms with van der Waals surface area (Å²) < 4.78 is 6.01. The lowest BCUT2D eigenvalue weighted by atomic mass is 10.3. The van der Waals surface area contributed by atoms with Gasteiger partial charge in [0.25, 0.3) is 0 Å². The van der Waals surface area contributed by atoms with Crippen LogP contribution in [0, 0.1) is 3.57 Å². The molecule has 0 saturated carbocycles. The minimum Gasteiger partial charge on any atom is -0.495 e. The number of benzene rings is 1. The van der Waals surface area contributed by atoms with Gasteiger partial charge in [0.15, 0.2) is 0 Å². The molecule has 0 aliphatic heterocycles. The van der Waals surface area contributed by atoms with E-state index in [0.29, 0.717) is 16.6 Å². The summed E-state index contributed by atoms with van der Waals surface area (Å²) in [6, 6.07) is 5.36. The van der Waals surface area contributed by atoms with E-state index in [1.165, 1.54) is 0 Å². The van der Waals surface area contributed by atoms with Gasteiger partial charge in [-0.05, 0) is 46.3 Å². The number of nitrogens with zero attached hydrogens (tertiary/aromatic N) is 2. The molecule has 2 aromatic rings. The van der Waals surface area contributed by atoms with Crippen LogP contribution in [-0.2, 0) is 0 Å². The number of aromatic nitrogens is 2. The number of methoxy groups -OCH3 is 1. The Morgan fingerprint density at radius 3 is 2.83 bits per heavy atom. The van der Waals surface area contributed by atoms with Crippen LogP contribution in [-0.4, -0.2) is 17.1 Å². The maximum Gasteiger partial charge on any atom is 0.224 e. The molecule has 1 N–H and O–H groups in total. The first-order valence-electron chi connectivity index (χ1n) is 4.89. The Kier molecular flexibility index (Phi) is 4.47. The van der Waals surface area contributed by atoms with Crippen LogP contribution in [0.25, 0.3) is 0 Å². The van der Waals surface area contributed by atoms with Gasteiger partial charge in [-0.2, -0.15) is 4.98 Å². The summed E-state index contributed by atoms with van der Waals surface area (Å²) in [5.74, 6) is 1.23. The zero-order valence-corrected chi connectivity index (χ0v) is 12.9. The van der Waals surface area contributed by atoms with Crippen LogP contribution in [0.4, 0.5) is 11.5 Å². The lowest BCUT2D eigenvalue weighted by Gasteiger charge is -2.09. The molecule has 0 aliphatic carbocycles. The SMILES string of the molecule is COc1cc(Nc2nc(Cl)ncc2I)ccc1Cl. The van der Waals surface area contributed by atoms with Gasteiger partial charge in [0.05, 0.1) is 15.7 Å². The summed E-state index contributed by atoms with van der Waals surface area (Å²) in [7, 11) is 1.57. The molecule has 0 aliphatic rings. The zero-order chi connectivity index (χ0) is 13.1. The van der Waals surface area contributed by atoms with Crippen molar-refractivity contribution in [2.75, 3.05) is 12.4 Å². The van der Waals surface area contributed by atoms with E-state index in [1.54, 1.807) is 25.4 Å². The molecule has 7 heteroatoms. The highest BCUT2D eigenvalue weighted by atomic mass is 127. The average molecular weight is 396 g/mol. The van der Waals surface area contributed by atoms with Crippen molar-refractivity contribution in [3.63, 3.8) is 0 Å². The molecule has 1 heterocycles. The summed E-state index contributed by atoms with van der Waals surface area (Å²) in [6.45, 7) is 0. The fraction of sp³-hybridized carbons (Fsp3) is 0.0909. The maximum atomic E-state index is 5.95. The predicted octanol–water partition coefficient (Wildman–Crippen LogP) is 4.14. The standard InChI is InChI=1S/C11H8Cl2IN3O/c1-18-9-4-6(2-3-7(9)12)16-10-8(14)5-15-11(13)17-10/h2-5H,1H3,(H,15,16,17). The largest absolute Gasteiger partial charge is 0.495 e. The van der Waals surface area contributed by atoms with Crippen LogP contribution in [0.1, 0.15) is 0 Å². The molecule has 4 nitrogen and oxygen atoms in total. The highest BCUT2D eigenvalue weighted by Crippen LogP contribution is 2.29. The molecule has 1 aromatic carbocycles. The smallest absolute Gasteiger partial charge is 0.224 e. The van der Waals surface area contributed by atoms with Crippen molar-refractivity contribution in [1.29, 1.82) is 0 Å². The van der Waals surface area contributed by atoms with Crippen LogP contribution < -0.4 is 10.1 Å². The van der Waals surface area contributed by atoms with Crippen molar-refractivity contribution >= 4 is 57.3 Å². The molecule has 0 atom stereocenters. The van der Waals surface area contributed by atoms with Gasteiger partial charge < -0.3 is 10.1 Å². The third-order valence-electron chi connectivity index (χ3n) is 2.13. The molecule has 0 saturated heterocycles. The van der Waals surface area contributed by atoms with Crippen molar-refractivity contribution in [3.8, 4) is 5.75 Å². The number of ether oxygens (including phenoxy) is 1. The van der Waals surface area contributed by atoms with Crippen LogP contribution in [0.2, 0.25) is 10.3 Å².